The van der Waals surface area contributed by atoms with Crippen LogP contribution in [0.5, 0.6) is 0 Å². The minimum Gasteiger partial charge on any atom is -0.368 e. The van der Waals surface area contributed by atoms with Crippen LogP contribution in [0.25, 0.3) is 22.4 Å². The third-order valence-electron chi connectivity index (χ3n) is 8.07. The second-order valence-corrected chi connectivity index (χ2v) is 11.4. The Morgan fingerprint density at radius 2 is 1.74 bits per heavy atom. The predicted octanol–water partition coefficient (Wildman–Crippen LogP) is 3.63. The molecular weight excluding hydrogens is 596 g/mol. The van der Waals surface area contributed by atoms with Crippen LogP contribution in [0.4, 0.5) is 16.6 Å². The Balaban J connectivity index is 1.16. The zero-order valence-corrected chi connectivity index (χ0v) is 25.8. The van der Waals surface area contributed by atoms with E-state index in [1.165, 1.54) is 17.1 Å². The number of hydrogen-bond donors (Lipinski definition) is 3. The maximum Gasteiger partial charge on any atom is 0.323 e. The highest BCUT2D eigenvalue weighted by molar-refractivity contribution is 5.91. The van der Waals surface area contributed by atoms with E-state index in [4.69, 9.17) is 10.7 Å². The molecule has 238 valence electrons. The highest BCUT2D eigenvalue weighted by Gasteiger charge is 2.31. The first-order valence-corrected chi connectivity index (χ1v) is 15.3. The number of nitrogens with two attached hydrogens (primary N) is 1. The molecule has 0 unspecified atom stereocenters. The summed E-state index contributed by atoms with van der Waals surface area (Å²) in [5, 5.41) is 24.5. The number of carbonyl (C=O) groups is 2. The van der Waals surface area contributed by atoms with E-state index in [-0.39, 0.29) is 30.2 Å². The third-order valence-corrected chi connectivity index (χ3v) is 8.07. The molecule has 4 aromatic heterocycles. The number of aryl methyl sites for hydroxylation is 1. The van der Waals surface area contributed by atoms with Crippen LogP contribution in [0.15, 0.2) is 79.6 Å². The molecule has 4 N–H and O–H groups in total. The van der Waals surface area contributed by atoms with Gasteiger partial charge >= 0.3 is 6.03 Å². The lowest BCUT2D eigenvalue weighted by molar-refractivity contribution is -0.118. The molecule has 1 aromatic carbocycles. The molecule has 6 rings (SSSR count). The van der Waals surface area contributed by atoms with Crippen molar-refractivity contribution in [3.63, 3.8) is 0 Å². The number of carbonyl (C=O) groups excluding carboxylic acids is 2. The number of urea groups is 1. The van der Waals surface area contributed by atoms with Crippen molar-refractivity contribution in [2.24, 2.45) is 12.8 Å². The molecule has 14 nitrogen and oxygen atoms in total. The Bertz CT molecular complexity index is 1890. The van der Waals surface area contributed by atoms with Crippen LogP contribution in [0.3, 0.4) is 0 Å². The highest BCUT2D eigenvalue weighted by atomic mass is 16.2. The third kappa shape index (κ3) is 7.42. The molecule has 0 aliphatic heterocycles. The molecule has 14 heteroatoms. The molecule has 1 aliphatic rings. The van der Waals surface area contributed by atoms with Crippen molar-refractivity contribution in [2.75, 3.05) is 10.2 Å². The standard InChI is InChI=1S/C33H34N12O2/c1-43-19-25(17-39-43)23-7-12-30(36-15-23)45(33(47)38-14-22-5-3-2-4-6-22)28-10-8-27(9-11-28)41-32-37-16-24(13-34)31(42-32)26-18-40-44(20-26)21-29(35)46/h2-7,12,15-20,27-28H,8-11,14,21H2,1H3,(H2,35,46)(H,38,47)(H,37,41,42). The van der Waals surface area contributed by atoms with Gasteiger partial charge in [-0.25, -0.2) is 19.7 Å². The Morgan fingerprint density at radius 1 is 0.957 bits per heavy atom. The summed E-state index contributed by atoms with van der Waals surface area (Å²) >= 11 is 0. The summed E-state index contributed by atoms with van der Waals surface area (Å²) in [5.41, 5.74) is 9.44. The van der Waals surface area contributed by atoms with Gasteiger partial charge in [0.2, 0.25) is 11.9 Å². The summed E-state index contributed by atoms with van der Waals surface area (Å²) in [5.74, 6) is 0.442. The number of anilines is 2. The number of nitrogens with zero attached hydrogens (tertiary/aromatic N) is 9. The van der Waals surface area contributed by atoms with Gasteiger partial charge in [-0.15, -0.1) is 0 Å². The van der Waals surface area contributed by atoms with E-state index in [0.29, 0.717) is 29.6 Å². The summed E-state index contributed by atoms with van der Waals surface area (Å²) in [7, 11) is 1.87. The Morgan fingerprint density at radius 3 is 2.43 bits per heavy atom. The first kappa shape index (κ1) is 30.9. The van der Waals surface area contributed by atoms with Crippen LogP contribution in [0.1, 0.15) is 36.8 Å². The first-order valence-electron chi connectivity index (χ1n) is 15.3. The predicted molar refractivity (Wildman–Crippen MR) is 174 cm³/mol. The van der Waals surface area contributed by atoms with E-state index in [1.807, 2.05) is 55.7 Å². The first-order chi connectivity index (χ1) is 22.9. The summed E-state index contributed by atoms with van der Waals surface area (Å²) in [6.45, 7) is 0.327. The maximum atomic E-state index is 13.7. The lowest BCUT2D eigenvalue weighted by atomic mass is 9.90. The van der Waals surface area contributed by atoms with Gasteiger partial charge in [0, 0.05) is 61.0 Å². The average Bonchev–Trinajstić information content (AvgIpc) is 3.74. The molecule has 4 heterocycles. The van der Waals surface area contributed by atoms with Crippen LogP contribution in [0, 0.1) is 11.3 Å². The van der Waals surface area contributed by atoms with Gasteiger partial charge in [0.1, 0.15) is 18.4 Å². The molecule has 0 atom stereocenters. The topological polar surface area (TPSA) is 186 Å². The van der Waals surface area contributed by atoms with Crippen molar-refractivity contribution in [1.29, 1.82) is 5.26 Å². The normalized spacial score (nSPS) is 15.8. The van der Waals surface area contributed by atoms with Crippen LogP contribution in [0.2, 0.25) is 0 Å². The van der Waals surface area contributed by atoms with Crippen LogP contribution in [-0.2, 0) is 24.9 Å². The minimum absolute atomic E-state index is 0.0553. The molecule has 0 radical (unpaired) electrons. The van der Waals surface area contributed by atoms with Crippen LogP contribution >= 0.6 is 0 Å². The van der Waals surface area contributed by atoms with Gasteiger partial charge in [-0.3, -0.25) is 19.1 Å². The molecule has 3 amide bonds. The van der Waals surface area contributed by atoms with Gasteiger partial charge in [0.05, 0.1) is 29.8 Å². The van der Waals surface area contributed by atoms with Gasteiger partial charge < -0.3 is 16.4 Å². The van der Waals surface area contributed by atoms with Crippen molar-refractivity contribution in [3.05, 3.63) is 90.8 Å². The summed E-state index contributed by atoms with van der Waals surface area (Å²) < 4.78 is 3.14. The van der Waals surface area contributed by atoms with Gasteiger partial charge in [-0.2, -0.15) is 15.5 Å². The monoisotopic (exact) mass is 630 g/mol. The molecule has 1 saturated carbocycles. The molecule has 0 spiro atoms. The average molecular weight is 631 g/mol. The number of aromatic nitrogens is 7. The number of primary amides is 1. The van der Waals surface area contributed by atoms with Gasteiger partial charge in [0.15, 0.2) is 0 Å². The van der Waals surface area contributed by atoms with Crippen molar-refractivity contribution >= 4 is 23.7 Å². The largest absolute Gasteiger partial charge is 0.368 e. The molecule has 1 aliphatic carbocycles. The number of pyridine rings is 1. The summed E-state index contributed by atoms with van der Waals surface area (Å²) in [4.78, 5) is 40.5. The smallest absolute Gasteiger partial charge is 0.323 e. The van der Waals surface area contributed by atoms with E-state index in [2.05, 4.69) is 36.9 Å². The number of hydrogen-bond acceptors (Lipinski definition) is 9. The number of amides is 3. The Kier molecular flexibility index (Phi) is 9.14. The molecule has 1 fully saturated rings. The van der Waals surface area contributed by atoms with E-state index in [0.717, 1.165) is 42.4 Å². The highest BCUT2D eigenvalue weighted by Crippen LogP contribution is 2.30. The fraction of sp³-hybridized carbons (Fsp3) is 0.273. The quantitative estimate of drug-likeness (QED) is 0.207. The minimum atomic E-state index is -0.523. The van der Waals surface area contributed by atoms with Crippen LogP contribution in [-0.4, -0.2) is 58.5 Å². The second-order valence-electron chi connectivity index (χ2n) is 11.4. The Labute approximate surface area is 271 Å². The summed E-state index contributed by atoms with van der Waals surface area (Å²) in [6.07, 6.45) is 13.1. The zero-order valence-electron chi connectivity index (χ0n) is 25.8. The zero-order chi connectivity index (χ0) is 32.8. The molecular formula is C33H34N12O2. The SMILES string of the molecule is Cn1cc(-c2ccc(N(C(=O)NCc3ccccc3)C3CCC(Nc4ncc(C#N)c(-c5cnn(CC(N)=O)c5)n4)CC3)nc2)cn1. The van der Waals surface area contributed by atoms with Gasteiger partial charge in [0.25, 0.3) is 0 Å². The van der Waals surface area contributed by atoms with E-state index >= 15 is 0 Å². The maximum absolute atomic E-state index is 13.7. The van der Waals surface area contributed by atoms with Crippen molar-refractivity contribution in [3.8, 4) is 28.5 Å². The molecule has 47 heavy (non-hydrogen) atoms. The fourth-order valence-electron chi connectivity index (χ4n) is 5.73. The Hall–Kier alpha value is -6.10. The van der Waals surface area contributed by atoms with Crippen molar-refractivity contribution < 1.29 is 9.59 Å². The number of nitrogens with one attached hydrogen (secondary N) is 2. The van der Waals surface area contributed by atoms with Crippen LogP contribution < -0.4 is 21.3 Å². The van der Waals surface area contributed by atoms with E-state index in [1.54, 1.807) is 28.2 Å². The van der Waals surface area contributed by atoms with E-state index in [9.17, 15) is 14.9 Å². The van der Waals surface area contributed by atoms with Crippen molar-refractivity contribution in [2.45, 2.75) is 50.9 Å². The fourth-order valence-corrected chi connectivity index (χ4v) is 5.73. The summed E-state index contributed by atoms with van der Waals surface area (Å²) in [6, 6.07) is 15.5. The van der Waals surface area contributed by atoms with Gasteiger partial charge in [-0.05, 0) is 43.4 Å². The lowest BCUT2D eigenvalue weighted by Crippen LogP contribution is -2.49. The number of rotatable bonds is 10. The second kappa shape index (κ2) is 13.9. The number of nitriles is 1. The molecule has 0 saturated heterocycles. The lowest BCUT2D eigenvalue weighted by Gasteiger charge is -2.36. The molecule has 0 bridgehead atoms. The molecule has 5 aromatic rings. The number of benzene rings is 1. The van der Waals surface area contributed by atoms with E-state index < -0.39 is 5.91 Å². The van der Waals surface area contributed by atoms with Gasteiger partial charge in [-0.1, -0.05) is 30.3 Å². The van der Waals surface area contributed by atoms with Crippen molar-refractivity contribution in [1.82, 2.24) is 39.8 Å².